The van der Waals surface area contributed by atoms with Gasteiger partial charge in [-0.25, -0.2) is 0 Å². The molecule has 0 aromatic rings. The SMILES string of the molecule is C[C@H](CCC(=O)[O-])[C@H]1CC[C@H]2[C@@H]3CC[C@@H]4C[C@H](O[C@@H]5O[C@H](CO)[C@@H](O)[C@H](O)[C@H]5O)CC[C@]4(C)[C@H]3CC[C@]12C. The minimum Gasteiger partial charge on any atom is -0.550 e. The number of ether oxygens (including phenoxy) is 2. The van der Waals surface area contributed by atoms with Crippen molar-refractivity contribution in [3.8, 4) is 0 Å². The number of rotatable bonds is 7. The predicted molar refractivity (Wildman–Crippen MR) is 137 cm³/mol. The Morgan fingerprint density at radius 3 is 2.39 bits per heavy atom. The van der Waals surface area contributed by atoms with Gasteiger partial charge in [-0.3, -0.25) is 0 Å². The van der Waals surface area contributed by atoms with Crippen molar-refractivity contribution in [3.05, 3.63) is 0 Å². The van der Waals surface area contributed by atoms with Crippen LogP contribution in [0.1, 0.15) is 91.4 Å². The number of hydrogen-bond acceptors (Lipinski definition) is 8. The third-order valence-corrected chi connectivity index (χ3v) is 12.4. The van der Waals surface area contributed by atoms with Gasteiger partial charge in [0.25, 0.3) is 0 Å². The van der Waals surface area contributed by atoms with Crippen LogP contribution in [-0.4, -0.2) is 69.8 Å². The predicted octanol–water partition coefficient (Wildman–Crippen LogP) is 2.00. The topological polar surface area (TPSA) is 140 Å². The Morgan fingerprint density at radius 1 is 0.974 bits per heavy atom. The molecule has 0 amide bonds. The first-order valence-electron chi connectivity index (χ1n) is 15.2. The van der Waals surface area contributed by atoms with Crippen molar-refractivity contribution < 1.29 is 39.8 Å². The quantitative estimate of drug-likeness (QED) is 0.362. The van der Waals surface area contributed by atoms with Gasteiger partial charge in [0.05, 0.1) is 12.7 Å². The van der Waals surface area contributed by atoms with Gasteiger partial charge in [0.1, 0.15) is 24.4 Å². The molecule has 0 spiro atoms. The van der Waals surface area contributed by atoms with E-state index in [-0.39, 0.29) is 17.9 Å². The maximum absolute atomic E-state index is 11.1. The van der Waals surface area contributed by atoms with Gasteiger partial charge in [-0.1, -0.05) is 20.8 Å². The number of fused-ring (bicyclic) bond motifs is 5. The number of hydrogen-bond donors (Lipinski definition) is 4. The standard InChI is InChI=1S/C30H50O8/c1-16(4-9-24(32)33)20-7-8-21-19-6-5-17-14-18(10-12-29(17,2)22(19)11-13-30(20,21)3)37-28-27(36)26(35)25(34)23(15-31)38-28/h16-23,25-28,31,34-36H,4-15H2,1-3H3,(H,32,33)/p-1/t16-,17-,18-,19+,20-,21+,22+,23-,25-,26+,27-,28-,29+,30-/m1/s1. The molecule has 38 heavy (non-hydrogen) atoms. The van der Waals surface area contributed by atoms with Gasteiger partial charge >= 0.3 is 0 Å². The summed E-state index contributed by atoms with van der Waals surface area (Å²) in [5.41, 5.74) is 0.567. The molecule has 8 heteroatoms. The average molecular weight is 538 g/mol. The zero-order chi connectivity index (χ0) is 27.4. The van der Waals surface area contributed by atoms with Crippen molar-refractivity contribution >= 4 is 5.97 Å². The summed E-state index contributed by atoms with van der Waals surface area (Å²) in [6, 6.07) is 0. The van der Waals surface area contributed by atoms with Gasteiger partial charge in [0.2, 0.25) is 0 Å². The third kappa shape index (κ3) is 4.85. The first kappa shape index (κ1) is 28.7. The molecule has 8 nitrogen and oxygen atoms in total. The van der Waals surface area contributed by atoms with Crippen molar-refractivity contribution in [3.63, 3.8) is 0 Å². The first-order chi connectivity index (χ1) is 18.0. The Morgan fingerprint density at radius 2 is 1.68 bits per heavy atom. The minimum atomic E-state index is -1.41. The number of carbonyl (C=O) groups is 1. The summed E-state index contributed by atoms with van der Waals surface area (Å²) in [5, 5.41) is 51.3. The summed E-state index contributed by atoms with van der Waals surface area (Å²) >= 11 is 0. The molecule has 218 valence electrons. The second-order valence-electron chi connectivity index (χ2n) is 14.0. The van der Waals surface area contributed by atoms with Crippen LogP contribution in [-0.2, 0) is 14.3 Å². The van der Waals surface area contributed by atoms with Crippen molar-refractivity contribution in [2.75, 3.05) is 6.61 Å². The molecule has 4 N–H and O–H groups in total. The maximum atomic E-state index is 11.1. The third-order valence-electron chi connectivity index (χ3n) is 12.4. The van der Waals surface area contributed by atoms with E-state index >= 15 is 0 Å². The van der Waals surface area contributed by atoms with E-state index in [1.807, 2.05) is 0 Å². The van der Waals surface area contributed by atoms with Gasteiger partial charge in [-0.05, 0) is 117 Å². The van der Waals surface area contributed by atoms with Crippen molar-refractivity contribution in [1.82, 2.24) is 0 Å². The number of carboxylic acids is 1. The summed E-state index contributed by atoms with van der Waals surface area (Å²) in [6.07, 6.45) is 4.86. The molecular formula is C30H49O8-. The van der Waals surface area contributed by atoms with Crippen molar-refractivity contribution in [2.45, 2.75) is 128 Å². The zero-order valence-corrected chi connectivity index (χ0v) is 23.3. The number of aliphatic hydroxyl groups is 4. The Labute approximate surface area is 227 Å². The average Bonchev–Trinajstić information content (AvgIpc) is 3.25. The summed E-state index contributed by atoms with van der Waals surface area (Å²) in [5.74, 6) is 2.77. The van der Waals surface area contributed by atoms with E-state index in [2.05, 4.69) is 20.8 Å². The zero-order valence-electron chi connectivity index (χ0n) is 23.3. The van der Waals surface area contributed by atoms with Crippen LogP contribution in [0.5, 0.6) is 0 Å². The summed E-state index contributed by atoms with van der Waals surface area (Å²) in [4.78, 5) is 11.1. The van der Waals surface area contributed by atoms with Gasteiger partial charge in [0, 0.05) is 5.97 Å². The molecule has 4 saturated carbocycles. The number of aliphatic hydroxyl groups excluding tert-OH is 4. The van der Waals surface area contributed by atoms with E-state index < -0.39 is 43.3 Å². The van der Waals surface area contributed by atoms with E-state index in [4.69, 9.17) is 9.47 Å². The van der Waals surface area contributed by atoms with Crippen LogP contribution >= 0.6 is 0 Å². The molecule has 5 fully saturated rings. The lowest BCUT2D eigenvalue weighted by atomic mass is 9.44. The molecule has 0 unspecified atom stereocenters. The molecule has 5 aliphatic rings. The van der Waals surface area contributed by atoms with Gasteiger partial charge < -0.3 is 39.8 Å². The molecule has 0 aromatic carbocycles. The lowest BCUT2D eigenvalue weighted by Gasteiger charge is -2.61. The van der Waals surface area contributed by atoms with Crippen LogP contribution in [0.25, 0.3) is 0 Å². The number of carboxylic acid groups (broad SMARTS) is 1. The Kier molecular flexibility index (Phi) is 8.25. The fourth-order valence-corrected chi connectivity index (χ4v) is 10.2. The Balaban J connectivity index is 1.23. The van der Waals surface area contributed by atoms with Crippen LogP contribution in [0, 0.1) is 46.3 Å². The minimum absolute atomic E-state index is 0.0830. The Bertz CT molecular complexity index is 850. The molecule has 0 radical (unpaired) electrons. The molecule has 1 heterocycles. The summed E-state index contributed by atoms with van der Waals surface area (Å²) < 4.78 is 11.8. The smallest absolute Gasteiger partial charge is 0.186 e. The van der Waals surface area contributed by atoms with Crippen molar-refractivity contribution in [2.24, 2.45) is 46.3 Å². The second kappa shape index (κ2) is 10.9. The van der Waals surface area contributed by atoms with E-state index in [1.165, 1.54) is 38.5 Å². The fourth-order valence-electron chi connectivity index (χ4n) is 10.2. The number of carbonyl (C=O) groups excluding carboxylic acids is 1. The molecule has 5 rings (SSSR count). The highest BCUT2D eigenvalue weighted by atomic mass is 16.7. The second-order valence-corrected chi connectivity index (χ2v) is 14.0. The van der Waals surface area contributed by atoms with E-state index in [1.54, 1.807) is 0 Å². The molecule has 4 aliphatic carbocycles. The molecule has 14 atom stereocenters. The van der Waals surface area contributed by atoms with E-state index in [9.17, 15) is 30.3 Å². The fraction of sp³-hybridized carbons (Fsp3) is 0.967. The van der Waals surface area contributed by atoms with E-state index in [0.717, 1.165) is 37.5 Å². The van der Waals surface area contributed by atoms with Crippen LogP contribution in [0.2, 0.25) is 0 Å². The maximum Gasteiger partial charge on any atom is 0.186 e. The highest BCUT2D eigenvalue weighted by Gasteiger charge is 2.61. The summed E-state index contributed by atoms with van der Waals surface area (Å²) in [7, 11) is 0. The lowest BCUT2D eigenvalue weighted by molar-refractivity contribution is -0.316. The highest BCUT2D eigenvalue weighted by molar-refractivity contribution is 5.64. The van der Waals surface area contributed by atoms with Crippen LogP contribution in [0.3, 0.4) is 0 Å². The Hall–Kier alpha value is -0.770. The first-order valence-corrected chi connectivity index (χ1v) is 15.2. The largest absolute Gasteiger partial charge is 0.550 e. The number of aliphatic carboxylic acids is 1. The van der Waals surface area contributed by atoms with Gasteiger partial charge in [-0.15, -0.1) is 0 Å². The summed E-state index contributed by atoms with van der Waals surface area (Å²) in [6.45, 7) is 6.80. The lowest BCUT2D eigenvalue weighted by Crippen LogP contribution is -2.60. The highest BCUT2D eigenvalue weighted by Crippen LogP contribution is 2.68. The van der Waals surface area contributed by atoms with Crippen LogP contribution < -0.4 is 5.11 Å². The molecule has 0 aromatic heterocycles. The molecule has 1 aliphatic heterocycles. The van der Waals surface area contributed by atoms with Crippen LogP contribution in [0.15, 0.2) is 0 Å². The van der Waals surface area contributed by atoms with Crippen molar-refractivity contribution in [1.29, 1.82) is 0 Å². The molecule has 1 saturated heterocycles. The monoisotopic (exact) mass is 537 g/mol. The molecule has 0 bridgehead atoms. The molecular weight excluding hydrogens is 488 g/mol. The van der Waals surface area contributed by atoms with Gasteiger partial charge in [-0.2, -0.15) is 0 Å². The van der Waals surface area contributed by atoms with E-state index in [0.29, 0.717) is 29.1 Å². The normalized spacial score (nSPS) is 51.5. The van der Waals surface area contributed by atoms with Crippen LogP contribution in [0.4, 0.5) is 0 Å². The van der Waals surface area contributed by atoms with Gasteiger partial charge in [0.15, 0.2) is 6.29 Å².